The number of ether oxygens (including phenoxy) is 2. The molecule has 0 saturated carbocycles. The molecule has 0 unspecified atom stereocenters. The molecule has 0 aliphatic carbocycles. The second kappa shape index (κ2) is 11.8. The fourth-order valence-electron chi connectivity index (χ4n) is 3.45. The Morgan fingerprint density at radius 3 is 2.57 bits per heavy atom. The molecular weight excluding hydrogens is 532 g/mol. The number of rotatable bonds is 9. The fourth-order valence-corrected chi connectivity index (χ4v) is 5.33. The number of hydrogen-bond donors (Lipinski definition) is 1. The Balaban J connectivity index is 1.40. The molecule has 1 N–H and O–H groups in total. The number of aromatic nitrogens is 3. The number of thioether (sulfide) groups is 1. The van der Waals surface area contributed by atoms with Crippen molar-refractivity contribution in [1.82, 2.24) is 14.8 Å². The monoisotopic (exact) mass is 556 g/mol. The Morgan fingerprint density at radius 1 is 1.11 bits per heavy atom. The number of aryl methyl sites for hydroxylation is 2. The summed E-state index contributed by atoms with van der Waals surface area (Å²) in [6.45, 7) is 4.13. The van der Waals surface area contributed by atoms with E-state index in [1.165, 1.54) is 30.2 Å². The molecule has 0 atom stereocenters. The second-order valence-corrected chi connectivity index (χ2v) is 10.5. The molecular formula is C26H25ClN4O4S2. The van der Waals surface area contributed by atoms with Crippen molar-refractivity contribution in [2.75, 3.05) is 18.2 Å². The first kappa shape index (κ1) is 26.7. The summed E-state index contributed by atoms with van der Waals surface area (Å²) >= 11 is 8.71. The Bertz CT molecular complexity index is 1430. The van der Waals surface area contributed by atoms with Crippen molar-refractivity contribution in [2.45, 2.75) is 25.6 Å². The molecule has 8 nitrogen and oxygen atoms in total. The van der Waals surface area contributed by atoms with Crippen molar-refractivity contribution in [2.24, 2.45) is 7.05 Å². The van der Waals surface area contributed by atoms with Crippen molar-refractivity contribution in [3.05, 3.63) is 75.4 Å². The van der Waals surface area contributed by atoms with Crippen molar-refractivity contribution < 1.29 is 19.1 Å². The number of carbonyl (C=O) groups excluding carboxylic acids is 2. The number of thiophene rings is 1. The van der Waals surface area contributed by atoms with Crippen LogP contribution in [0.1, 0.15) is 27.3 Å². The first-order chi connectivity index (χ1) is 17.8. The van der Waals surface area contributed by atoms with E-state index in [0.29, 0.717) is 37.9 Å². The molecule has 11 heteroatoms. The Hall–Kier alpha value is -3.34. The highest BCUT2D eigenvalue weighted by Gasteiger charge is 2.23. The molecule has 192 valence electrons. The van der Waals surface area contributed by atoms with Crippen LogP contribution >= 0.6 is 34.7 Å². The van der Waals surface area contributed by atoms with E-state index in [1.807, 2.05) is 55.6 Å². The first-order valence-electron chi connectivity index (χ1n) is 11.2. The summed E-state index contributed by atoms with van der Waals surface area (Å²) in [4.78, 5) is 25.3. The van der Waals surface area contributed by atoms with Crippen molar-refractivity contribution >= 4 is 51.6 Å². The topological polar surface area (TPSA) is 95.3 Å². The highest BCUT2D eigenvalue weighted by Crippen LogP contribution is 2.36. The second-order valence-electron chi connectivity index (χ2n) is 8.23. The average Bonchev–Trinajstić information content (AvgIpc) is 3.46. The molecule has 4 aromatic rings. The number of benzene rings is 2. The number of hydrogen-bond acceptors (Lipinski definition) is 8. The number of nitrogens with zero attached hydrogens (tertiary/aromatic N) is 3. The summed E-state index contributed by atoms with van der Waals surface area (Å²) in [6.07, 6.45) is 0. The summed E-state index contributed by atoms with van der Waals surface area (Å²) in [5.41, 5.74) is 4.07. The van der Waals surface area contributed by atoms with E-state index < -0.39 is 5.97 Å². The van der Waals surface area contributed by atoms with Gasteiger partial charge in [0.2, 0.25) is 5.91 Å². The zero-order chi connectivity index (χ0) is 26.5. The van der Waals surface area contributed by atoms with E-state index >= 15 is 0 Å². The molecule has 2 aromatic carbocycles. The molecule has 37 heavy (non-hydrogen) atoms. The summed E-state index contributed by atoms with van der Waals surface area (Å²) in [5, 5.41) is 14.5. The summed E-state index contributed by atoms with van der Waals surface area (Å²) in [6, 6.07) is 13.4. The van der Waals surface area contributed by atoms with E-state index in [9.17, 15) is 9.59 Å². The van der Waals surface area contributed by atoms with Crippen LogP contribution in [-0.2, 0) is 23.2 Å². The number of amides is 1. The lowest BCUT2D eigenvalue weighted by atomic mass is 10.0. The SMILES string of the molecule is COC(=O)c1c(-c2ccc(C)cc2)csc1NC(=O)CSc1nnc(COc2cc(C)ccc2Cl)n1C. The lowest BCUT2D eigenvalue weighted by Gasteiger charge is -2.09. The molecule has 4 rings (SSSR count). The van der Waals surface area contributed by atoms with Crippen LogP contribution in [0.4, 0.5) is 5.00 Å². The van der Waals surface area contributed by atoms with Gasteiger partial charge in [-0.1, -0.05) is 59.3 Å². The molecule has 1 amide bonds. The average molecular weight is 557 g/mol. The van der Waals surface area contributed by atoms with Crippen LogP contribution in [0.15, 0.2) is 53.0 Å². The van der Waals surface area contributed by atoms with Gasteiger partial charge in [0, 0.05) is 18.0 Å². The van der Waals surface area contributed by atoms with Gasteiger partial charge in [-0.15, -0.1) is 21.5 Å². The Kier molecular flexibility index (Phi) is 8.52. The van der Waals surface area contributed by atoms with Gasteiger partial charge in [-0.3, -0.25) is 4.79 Å². The van der Waals surface area contributed by atoms with Crippen LogP contribution in [0.2, 0.25) is 5.02 Å². The zero-order valence-corrected chi connectivity index (χ0v) is 23.1. The number of halogens is 1. The van der Waals surface area contributed by atoms with Gasteiger partial charge >= 0.3 is 5.97 Å². The third-order valence-electron chi connectivity index (χ3n) is 5.50. The predicted molar refractivity (Wildman–Crippen MR) is 147 cm³/mol. The lowest BCUT2D eigenvalue weighted by molar-refractivity contribution is -0.113. The van der Waals surface area contributed by atoms with Crippen molar-refractivity contribution in [3.8, 4) is 16.9 Å². The normalized spacial score (nSPS) is 10.8. The molecule has 2 aromatic heterocycles. The third-order valence-corrected chi connectivity index (χ3v) is 7.72. The van der Waals surface area contributed by atoms with Gasteiger partial charge in [0.1, 0.15) is 22.9 Å². The fraction of sp³-hybridized carbons (Fsp3) is 0.231. The standard InChI is InChI=1S/C26H25ClN4O4S2/c1-15-5-8-17(9-6-15)18-13-36-24(23(18)25(33)34-4)28-22(32)14-37-26-30-29-21(31(26)3)12-35-20-11-16(2)7-10-19(20)27/h5-11,13H,12,14H2,1-4H3,(H,28,32). The minimum Gasteiger partial charge on any atom is -0.484 e. The van der Waals surface area contributed by atoms with E-state index in [1.54, 1.807) is 17.7 Å². The van der Waals surface area contributed by atoms with Crippen LogP contribution in [0, 0.1) is 13.8 Å². The van der Waals surface area contributed by atoms with E-state index in [4.69, 9.17) is 21.1 Å². The van der Waals surface area contributed by atoms with Gasteiger partial charge < -0.3 is 19.4 Å². The summed E-state index contributed by atoms with van der Waals surface area (Å²) in [7, 11) is 3.13. The minimum absolute atomic E-state index is 0.0783. The van der Waals surface area contributed by atoms with Gasteiger partial charge in [-0.05, 0) is 37.1 Å². The van der Waals surface area contributed by atoms with E-state index in [0.717, 1.165) is 16.7 Å². The molecule has 2 heterocycles. The van der Waals surface area contributed by atoms with Crippen molar-refractivity contribution in [3.63, 3.8) is 0 Å². The number of nitrogens with one attached hydrogen (secondary N) is 1. The smallest absolute Gasteiger partial charge is 0.341 e. The van der Waals surface area contributed by atoms with Crippen LogP contribution in [0.5, 0.6) is 5.75 Å². The van der Waals surface area contributed by atoms with Gasteiger partial charge in [-0.25, -0.2) is 4.79 Å². The molecule has 0 aliphatic heterocycles. The number of methoxy groups -OCH3 is 1. The first-order valence-corrected chi connectivity index (χ1v) is 13.5. The maximum atomic E-state index is 12.8. The number of esters is 1. The molecule has 0 aliphatic rings. The van der Waals surface area contributed by atoms with Crippen molar-refractivity contribution in [1.29, 1.82) is 0 Å². The van der Waals surface area contributed by atoms with Crippen LogP contribution < -0.4 is 10.1 Å². The minimum atomic E-state index is -0.508. The van der Waals surface area contributed by atoms with Gasteiger partial charge in [0.15, 0.2) is 11.0 Å². The summed E-state index contributed by atoms with van der Waals surface area (Å²) < 4.78 is 12.6. The molecule has 0 fully saturated rings. The zero-order valence-electron chi connectivity index (χ0n) is 20.7. The number of anilines is 1. The van der Waals surface area contributed by atoms with Gasteiger partial charge in [0.25, 0.3) is 0 Å². The largest absolute Gasteiger partial charge is 0.484 e. The number of carbonyl (C=O) groups is 2. The molecule has 0 saturated heterocycles. The highest BCUT2D eigenvalue weighted by molar-refractivity contribution is 7.99. The molecule has 0 radical (unpaired) electrons. The third kappa shape index (κ3) is 6.33. The molecule has 0 bridgehead atoms. The lowest BCUT2D eigenvalue weighted by Crippen LogP contribution is -2.16. The molecule has 0 spiro atoms. The van der Waals surface area contributed by atoms with Crippen LogP contribution in [-0.4, -0.2) is 39.5 Å². The highest BCUT2D eigenvalue weighted by atomic mass is 35.5. The predicted octanol–water partition coefficient (Wildman–Crippen LogP) is 5.91. The van der Waals surface area contributed by atoms with E-state index in [-0.39, 0.29) is 18.3 Å². The van der Waals surface area contributed by atoms with Gasteiger partial charge in [0.05, 0.1) is 17.9 Å². The van der Waals surface area contributed by atoms with Gasteiger partial charge in [-0.2, -0.15) is 0 Å². The maximum Gasteiger partial charge on any atom is 0.341 e. The maximum absolute atomic E-state index is 12.8. The summed E-state index contributed by atoms with van der Waals surface area (Å²) in [5.74, 6) is 0.454. The van der Waals surface area contributed by atoms with Crippen LogP contribution in [0.3, 0.4) is 0 Å². The van der Waals surface area contributed by atoms with Crippen LogP contribution in [0.25, 0.3) is 11.1 Å². The van der Waals surface area contributed by atoms with E-state index in [2.05, 4.69) is 15.5 Å². The quantitative estimate of drug-likeness (QED) is 0.202. The Labute approximate surface area is 228 Å². The Morgan fingerprint density at radius 2 is 1.84 bits per heavy atom.